The second kappa shape index (κ2) is 7.42. The number of hydrogen-bond donors (Lipinski definition) is 2. The molecular weight excluding hydrogens is 376 g/mol. The Morgan fingerprint density at radius 3 is 2.93 bits per heavy atom. The van der Waals surface area contributed by atoms with E-state index in [1.165, 1.54) is 0 Å². The summed E-state index contributed by atoms with van der Waals surface area (Å²) in [6, 6.07) is 6.88. The molecule has 156 valence electrons. The fraction of sp³-hybridized carbons (Fsp3) is 0.381. The number of anilines is 1. The number of rotatable bonds is 5. The molecule has 0 saturated carbocycles. The van der Waals surface area contributed by atoms with Gasteiger partial charge in [0.1, 0.15) is 11.5 Å². The zero-order chi connectivity index (χ0) is 20.6. The van der Waals surface area contributed by atoms with E-state index in [2.05, 4.69) is 20.3 Å². The molecule has 0 aromatic carbocycles. The van der Waals surface area contributed by atoms with Gasteiger partial charge in [0.25, 0.3) is 5.92 Å². The van der Waals surface area contributed by atoms with Crippen LogP contribution in [-0.4, -0.2) is 34.1 Å². The van der Waals surface area contributed by atoms with Gasteiger partial charge in [-0.2, -0.15) is 0 Å². The molecule has 0 aliphatic carbocycles. The summed E-state index contributed by atoms with van der Waals surface area (Å²) in [4.78, 5) is 25.6. The molecule has 1 fully saturated rings. The Morgan fingerprint density at radius 2 is 2.17 bits per heavy atom. The first-order valence-electron chi connectivity index (χ1n) is 9.80. The van der Waals surface area contributed by atoms with Gasteiger partial charge < -0.3 is 10.3 Å². The number of urea groups is 1. The molecule has 1 aliphatic rings. The van der Waals surface area contributed by atoms with Gasteiger partial charge in [-0.3, -0.25) is 4.90 Å². The third kappa shape index (κ3) is 3.54. The smallest absolute Gasteiger partial charge is 0.323 e. The highest BCUT2D eigenvalue weighted by Crippen LogP contribution is 2.40. The molecule has 0 unspecified atom stereocenters. The van der Waals surface area contributed by atoms with Crippen LogP contribution in [0.5, 0.6) is 0 Å². The highest BCUT2D eigenvalue weighted by molar-refractivity contribution is 5.92. The van der Waals surface area contributed by atoms with E-state index in [1.54, 1.807) is 49.2 Å². The number of aromatic nitrogens is 3. The predicted octanol–water partition coefficient (Wildman–Crippen LogP) is 5.24. The maximum atomic E-state index is 14.8. The van der Waals surface area contributed by atoms with E-state index in [9.17, 15) is 13.6 Å². The Morgan fingerprint density at radius 1 is 1.34 bits per heavy atom. The van der Waals surface area contributed by atoms with Gasteiger partial charge in [0, 0.05) is 45.2 Å². The Bertz CT molecular complexity index is 1070. The number of H-pyrrole nitrogens is 1. The number of carbonyl (C=O) groups excluding carboxylic acids is 1. The fourth-order valence-corrected chi connectivity index (χ4v) is 3.83. The van der Waals surface area contributed by atoms with Crippen LogP contribution in [0, 0.1) is 6.92 Å². The van der Waals surface area contributed by atoms with Crippen LogP contribution < -0.4 is 10.2 Å². The number of fused-ring (bicyclic) bond motifs is 1. The van der Waals surface area contributed by atoms with E-state index in [0.717, 1.165) is 6.42 Å². The van der Waals surface area contributed by atoms with Crippen molar-refractivity contribution in [3.8, 4) is 11.3 Å². The normalized spacial score (nSPS) is 15.0. The highest BCUT2D eigenvalue weighted by atomic mass is 19.3. The fourth-order valence-electron chi connectivity index (χ4n) is 3.83. The molecule has 3 aromatic rings. The van der Waals surface area contributed by atoms with Gasteiger partial charge in [-0.15, -0.1) is 0 Å². The summed E-state index contributed by atoms with van der Waals surface area (Å²) in [7, 11) is 0. The first-order valence-corrected chi connectivity index (χ1v) is 9.80. The topological polar surface area (TPSA) is 73.9 Å². The maximum absolute atomic E-state index is 14.8. The van der Waals surface area contributed by atoms with E-state index >= 15 is 0 Å². The van der Waals surface area contributed by atoms with Gasteiger partial charge >= 0.3 is 6.03 Å². The van der Waals surface area contributed by atoms with Crippen molar-refractivity contribution < 1.29 is 16.4 Å². The van der Waals surface area contributed by atoms with Crippen molar-refractivity contribution in [3.63, 3.8) is 0 Å². The van der Waals surface area contributed by atoms with Gasteiger partial charge in [0.15, 0.2) is 0 Å². The molecule has 0 radical (unpaired) electrons. The van der Waals surface area contributed by atoms with Gasteiger partial charge in [0.2, 0.25) is 0 Å². The first-order chi connectivity index (χ1) is 13.9. The van der Waals surface area contributed by atoms with Crippen molar-refractivity contribution in [1.82, 2.24) is 20.3 Å². The van der Waals surface area contributed by atoms with Crippen molar-refractivity contribution in [1.29, 1.82) is 0 Å². The third-order valence-electron chi connectivity index (χ3n) is 5.15. The lowest BCUT2D eigenvalue weighted by Crippen LogP contribution is -2.46. The van der Waals surface area contributed by atoms with Crippen molar-refractivity contribution in [3.05, 3.63) is 41.7 Å². The Labute approximate surface area is 170 Å². The Balaban J connectivity index is 0.00000171. The number of alkyl halides is 2. The number of amides is 2. The number of hydrogen-bond acceptors (Lipinski definition) is 3. The quantitative estimate of drug-likeness (QED) is 0.612. The Hall–Kier alpha value is -3.03. The molecule has 3 aromatic heterocycles. The van der Waals surface area contributed by atoms with Crippen LogP contribution >= 0.6 is 0 Å². The van der Waals surface area contributed by atoms with E-state index < -0.39 is 5.92 Å². The largest absolute Gasteiger partial charge is 0.343 e. The molecule has 1 aliphatic heterocycles. The van der Waals surface area contributed by atoms with Crippen molar-refractivity contribution in [2.75, 3.05) is 18.0 Å². The molecule has 0 bridgehead atoms. The average Bonchev–Trinajstić information content (AvgIpc) is 3.04. The summed E-state index contributed by atoms with van der Waals surface area (Å²) >= 11 is 0. The summed E-state index contributed by atoms with van der Waals surface area (Å²) < 4.78 is 29.5. The molecule has 6 nitrogen and oxygen atoms in total. The van der Waals surface area contributed by atoms with Crippen LogP contribution in [0.4, 0.5) is 19.4 Å². The zero-order valence-electron chi connectivity index (χ0n) is 16.4. The van der Waals surface area contributed by atoms with Gasteiger partial charge in [-0.1, -0.05) is 19.4 Å². The predicted molar refractivity (Wildman–Crippen MR) is 112 cm³/mol. The van der Waals surface area contributed by atoms with E-state index in [-0.39, 0.29) is 20.9 Å². The Kier molecular flexibility index (Phi) is 4.94. The van der Waals surface area contributed by atoms with Gasteiger partial charge in [0.05, 0.1) is 11.3 Å². The number of nitrogens with zero attached hydrogens (tertiary/aromatic N) is 3. The molecule has 2 N–H and O–H groups in total. The average molecular weight is 403 g/mol. The summed E-state index contributed by atoms with van der Waals surface area (Å²) in [6.07, 6.45) is 2.61. The van der Waals surface area contributed by atoms with Crippen LogP contribution in [0.25, 0.3) is 22.3 Å². The van der Waals surface area contributed by atoms with Gasteiger partial charge in [-0.05, 0) is 31.5 Å². The number of carbonyl (C=O) groups is 1. The zero-order valence-corrected chi connectivity index (χ0v) is 16.4. The van der Waals surface area contributed by atoms with Crippen LogP contribution in [-0.2, 0) is 5.92 Å². The monoisotopic (exact) mass is 403 g/mol. The lowest BCUT2D eigenvalue weighted by atomic mass is 10.0. The molecule has 0 spiro atoms. The van der Waals surface area contributed by atoms with Crippen molar-refractivity contribution >= 4 is 22.9 Å². The molecule has 1 saturated heterocycles. The van der Waals surface area contributed by atoms with Crippen LogP contribution in [0.3, 0.4) is 0 Å². The second-order valence-corrected chi connectivity index (χ2v) is 7.32. The second-order valence-electron chi connectivity index (χ2n) is 7.32. The molecule has 4 heterocycles. The van der Waals surface area contributed by atoms with E-state index in [1.807, 2.05) is 0 Å². The van der Waals surface area contributed by atoms with Crippen LogP contribution in [0.1, 0.15) is 40.3 Å². The first kappa shape index (κ1) is 19.3. The maximum Gasteiger partial charge on any atom is 0.323 e. The molecule has 2 amide bonds. The molecule has 4 rings (SSSR count). The standard InChI is InChI=1S/C21H23F2N5O.2H2/c1-3-8-21(22,23)18-13(2)26-19-15(18)11-14(12-25-19)16-6-4-7-17(27-16)28-10-5-9-24-20(28)29;;/h4,6-7,11-12H,3,5,8-10H2,1-2H3,(H,24,29)(H,25,26);2*1H. The number of aromatic amines is 1. The highest BCUT2D eigenvalue weighted by Gasteiger charge is 2.35. The molecule has 29 heavy (non-hydrogen) atoms. The summed E-state index contributed by atoms with van der Waals surface area (Å²) in [5.74, 6) is -2.40. The number of nitrogens with one attached hydrogen (secondary N) is 2. The minimum absolute atomic E-state index is 0. The van der Waals surface area contributed by atoms with E-state index in [4.69, 9.17) is 0 Å². The summed E-state index contributed by atoms with van der Waals surface area (Å²) in [5, 5.41) is 3.20. The van der Waals surface area contributed by atoms with Crippen molar-refractivity contribution in [2.45, 2.75) is 39.0 Å². The number of pyridine rings is 2. The summed E-state index contributed by atoms with van der Waals surface area (Å²) in [5.41, 5.74) is 2.07. The lowest BCUT2D eigenvalue weighted by molar-refractivity contribution is -0.0130. The molecule has 0 atom stereocenters. The van der Waals surface area contributed by atoms with Crippen LogP contribution in [0.2, 0.25) is 0 Å². The van der Waals surface area contributed by atoms with Crippen LogP contribution in [0.15, 0.2) is 30.5 Å². The minimum atomic E-state index is -2.93. The minimum Gasteiger partial charge on any atom is -0.343 e. The summed E-state index contributed by atoms with van der Waals surface area (Å²) in [6.45, 7) is 4.63. The molecular formula is C21H27F2N5O. The lowest BCUT2D eigenvalue weighted by Gasteiger charge is -2.26. The number of aryl methyl sites for hydroxylation is 1. The third-order valence-corrected chi connectivity index (χ3v) is 5.15. The molecule has 8 heteroatoms. The number of halogens is 2. The SMILES string of the molecule is CCCC(F)(F)c1c(C)[nH]c2ncc(-c3cccc(N4CCCNC4=O)n3)cc12.[HH].[HH]. The van der Waals surface area contributed by atoms with Gasteiger partial charge in [-0.25, -0.2) is 23.5 Å². The van der Waals surface area contributed by atoms with Crippen molar-refractivity contribution in [2.24, 2.45) is 0 Å². The van der Waals surface area contributed by atoms with E-state index in [0.29, 0.717) is 53.3 Å².